The van der Waals surface area contributed by atoms with Gasteiger partial charge in [0, 0.05) is 25.4 Å². The van der Waals surface area contributed by atoms with Crippen molar-refractivity contribution in [3.8, 4) is 0 Å². The van der Waals surface area contributed by atoms with Crippen molar-refractivity contribution < 1.29 is 21.8 Å². The Morgan fingerprint density at radius 3 is 1.89 bits per heavy atom. The van der Waals surface area contributed by atoms with Gasteiger partial charge < -0.3 is 0 Å². The van der Waals surface area contributed by atoms with Crippen molar-refractivity contribution in [1.82, 2.24) is 8.72 Å². The smallest absolute Gasteiger partial charge is 0.258 e. The Hall–Kier alpha value is -3.61. The number of sulfonamides is 2. The van der Waals surface area contributed by atoms with Crippen LogP contribution in [-0.4, -0.2) is 49.8 Å². The van der Waals surface area contributed by atoms with Gasteiger partial charge in [-0.15, -0.1) is 0 Å². The van der Waals surface area contributed by atoms with Crippen LogP contribution in [0.4, 0.5) is 5.69 Å². The number of non-ortho nitro benzene ring substituents is 1. The van der Waals surface area contributed by atoms with Gasteiger partial charge in [-0.2, -0.15) is 22.2 Å². The monoisotopic (exact) mass is 528 g/mol. The van der Waals surface area contributed by atoms with Gasteiger partial charge in [-0.25, -0.2) is 8.42 Å². The lowest BCUT2D eigenvalue weighted by Gasteiger charge is -2.13. The molecule has 1 saturated heterocycles. The molecule has 0 saturated carbocycles. The molecule has 0 aliphatic carbocycles. The first-order valence-corrected chi connectivity index (χ1v) is 13.8. The molecular formula is C24H24N4O6S2. The van der Waals surface area contributed by atoms with Gasteiger partial charge in [0.2, 0.25) is 10.0 Å². The third-order valence-electron chi connectivity index (χ3n) is 5.89. The van der Waals surface area contributed by atoms with Gasteiger partial charge in [-0.05, 0) is 43.7 Å². The molecule has 4 rings (SSSR count). The van der Waals surface area contributed by atoms with E-state index in [2.05, 4.69) is 5.10 Å². The Balaban J connectivity index is 1.65. The highest BCUT2D eigenvalue weighted by Crippen LogP contribution is 2.47. The molecule has 3 aromatic rings. The Bertz CT molecular complexity index is 1520. The third kappa shape index (κ3) is 4.87. The Morgan fingerprint density at radius 1 is 0.861 bits per heavy atom. The van der Waals surface area contributed by atoms with Gasteiger partial charge in [0.15, 0.2) is 0 Å². The van der Waals surface area contributed by atoms with E-state index in [9.17, 15) is 26.9 Å². The zero-order valence-electron chi connectivity index (χ0n) is 19.7. The summed E-state index contributed by atoms with van der Waals surface area (Å²) in [5, 5.41) is 15.0. The van der Waals surface area contributed by atoms with Gasteiger partial charge in [0.05, 0.1) is 26.8 Å². The molecule has 10 nitrogen and oxygen atoms in total. The summed E-state index contributed by atoms with van der Waals surface area (Å²) in [7, 11) is -6.70. The quantitative estimate of drug-likeness (QED) is 0.190. The predicted octanol–water partition coefficient (Wildman–Crippen LogP) is 3.63. The van der Waals surface area contributed by atoms with Crippen LogP contribution in [0.2, 0.25) is 0 Å². The van der Waals surface area contributed by atoms with Crippen LogP contribution in [0.5, 0.6) is 0 Å². The minimum Gasteiger partial charge on any atom is -0.258 e. The van der Waals surface area contributed by atoms with E-state index in [4.69, 9.17) is 0 Å². The van der Waals surface area contributed by atoms with Crippen LogP contribution in [0.3, 0.4) is 0 Å². The highest BCUT2D eigenvalue weighted by atomic mass is 32.2. The third-order valence-corrected chi connectivity index (χ3v) is 9.44. The Labute approximate surface area is 209 Å². The summed E-state index contributed by atoms with van der Waals surface area (Å²) >= 11 is 0. The maximum absolute atomic E-state index is 13.4. The van der Waals surface area contributed by atoms with Crippen molar-refractivity contribution in [1.29, 1.82) is 0 Å². The lowest BCUT2D eigenvalue weighted by Crippen LogP contribution is -2.23. The molecule has 3 atom stereocenters. The van der Waals surface area contributed by atoms with Gasteiger partial charge in [-0.3, -0.25) is 10.1 Å². The zero-order chi connectivity index (χ0) is 26.3. The largest absolute Gasteiger partial charge is 0.278 e. The first-order chi connectivity index (χ1) is 16.9. The highest BCUT2D eigenvalue weighted by molar-refractivity contribution is 7.89. The van der Waals surface area contributed by atoms with E-state index in [-0.39, 0.29) is 15.5 Å². The summed E-state index contributed by atoms with van der Waals surface area (Å²) in [6, 6.07) is 16.9. The zero-order valence-corrected chi connectivity index (χ0v) is 21.3. The fourth-order valence-electron chi connectivity index (χ4n) is 3.74. The van der Waals surface area contributed by atoms with Gasteiger partial charge in [0.1, 0.15) is 0 Å². The van der Waals surface area contributed by atoms with E-state index in [1.165, 1.54) is 41.8 Å². The number of hydrogen-bond donors (Lipinski definition) is 0. The minimum absolute atomic E-state index is 0.0639. The van der Waals surface area contributed by atoms with Crippen LogP contribution in [0.25, 0.3) is 0 Å². The molecule has 1 heterocycles. The Kier molecular flexibility index (Phi) is 6.69. The molecular weight excluding hydrogens is 504 g/mol. The van der Waals surface area contributed by atoms with E-state index in [0.29, 0.717) is 5.56 Å². The van der Waals surface area contributed by atoms with Crippen molar-refractivity contribution in [2.45, 2.75) is 35.7 Å². The molecule has 188 valence electrons. The van der Waals surface area contributed by atoms with Crippen molar-refractivity contribution >= 4 is 31.9 Å². The summed E-state index contributed by atoms with van der Waals surface area (Å²) < 4.78 is 54.6. The lowest BCUT2D eigenvalue weighted by atomic mass is 10.1. The van der Waals surface area contributed by atoms with E-state index in [0.717, 1.165) is 27.7 Å². The molecule has 1 aliphatic heterocycles. The van der Waals surface area contributed by atoms with Gasteiger partial charge in [0.25, 0.3) is 15.7 Å². The number of nitrogens with zero attached hydrogens (tertiary/aromatic N) is 4. The molecule has 0 bridgehead atoms. The SMILES string of the molecule is Cc1ccc([C@@H]2[C@@H](/C=N/N(C)S(=O)(=O)c3ccc(C)cc3)N2S(=O)(=O)c2ccc([N+](=O)[O-])cc2)cc1. The lowest BCUT2D eigenvalue weighted by molar-refractivity contribution is -0.384. The van der Waals surface area contributed by atoms with Crippen molar-refractivity contribution in [2.75, 3.05) is 7.05 Å². The molecule has 36 heavy (non-hydrogen) atoms. The molecule has 0 radical (unpaired) electrons. The number of hydrazone groups is 1. The molecule has 0 spiro atoms. The van der Waals surface area contributed by atoms with Crippen molar-refractivity contribution in [3.05, 3.63) is 99.6 Å². The number of hydrogen-bond acceptors (Lipinski definition) is 7. The summed E-state index contributed by atoms with van der Waals surface area (Å²) in [6.45, 7) is 3.75. The average molecular weight is 529 g/mol. The molecule has 12 heteroatoms. The van der Waals surface area contributed by atoms with Crippen LogP contribution in [-0.2, 0) is 20.0 Å². The van der Waals surface area contributed by atoms with Crippen LogP contribution in [0.15, 0.2) is 87.7 Å². The average Bonchev–Trinajstić information content (AvgIpc) is 3.58. The first kappa shape index (κ1) is 25.5. The topological polar surface area (TPSA) is 130 Å². The minimum atomic E-state index is -4.05. The fraction of sp³-hybridized carbons (Fsp3) is 0.208. The molecule has 0 aromatic heterocycles. The fourth-order valence-corrected chi connectivity index (χ4v) is 6.41. The van der Waals surface area contributed by atoms with E-state index in [1.54, 1.807) is 24.3 Å². The molecule has 3 aromatic carbocycles. The normalized spacial score (nSPS) is 19.8. The Morgan fingerprint density at radius 2 is 1.36 bits per heavy atom. The predicted molar refractivity (Wildman–Crippen MR) is 134 cm³/mol. The van der Waals surface area contributed by atoms with E-state index in [1.807, 2.05) is 26.0 Å². The summed E-state index contributed by atoms with van der Waals surface area (Å²) in [5.74, 6) is 0. The van der Waals surface area contributed by atoms with Crippen LogP contribution in [0.1, 0.15) is 22.7 Å². The maximum Gasteiger partial charge on any atom is 0.278 e. The van der Waals surface area contributed by atoms with Crippen LogP contribution in [0, 0.1) is 24.0 Å². The highest BCUT2D eigenvalue weighted by Gasteiger charge is 2.55. The second-order valence-electron chi connectivity index (χ2n) is 8.45. The van der Waals surface area contributed by atoms with E-state index < -0.39 is 37.1 Å². The van der Waals surface area contributed by atoms with Crippen LogP contribution < -0.4 is 0 Å². The second kappa shape index (κ2) is 9.45. The molecule has 1 unspecified atom stereocenters. The number of benzene rings is 3. The van der Waals surface area contributed by atoms with Crippen LogP contribution >= 0.6 is 0 Å². The number of aryl methyl sites for hydroxylation is 2. The number of rotatable bonds is 8. The molecule has 0 N–H and O–H groups in total. The van der Waals surface area contributed by atoms with Crippen molar-refractivity contribution in [2.24, 2.45) is 5.10 Å². The molecule has 1 fully saturated rings. The summed E-state index contributed by atoms with van der Waals surface area (Å²) in [5.41, 5.74) is 2.40. The first-order valence-electron chi connectivity index (χ1n) is 10.9. The molecule has 1 aliphatic rings. The van der Waals surface area contributed by atoms with E-state index >= 15 is 0 Å². The molecule has 0 amide bonds. The standard InChI is InChI=1S/C24H24N4O6S2/c1-17-4-8-19(9-5-17)24-23(16-25-26(3)35(31,32)21-12-6-18(2)7-13-21)27(24)36(33,34)22-14-10-20(11-15-22)28(29)30/h4-16,23-24H,1-3H3/b25-16+/t23-,24-,27?/m1/s1. The summed E-state index contributed by atoms with van der Waals surface area (Å²) in [6.07, 6.45) is 1.29. The number of nitro benzene ring substituents is 1. The van der Waals surface area contributed by atoms with Gasteiger partial charge >= 0.3 is 0 Å². The second-order valence-corrected chi connectivity index (χ2v) is 12.2. The maximum atomic E-state index is 13.4. The van der Waals surface area contributed by atoms with Crippen molar-refractivity contribution in [3.63, 3.8) is 0 Å². The number of nitro groups is 1. The summed E-state index contributed by atoms with van der Waals surface area (Å²) in [4.78, 5) is 10.3. The van der Waals surface area contributed by atoms with Gasteiger partial charge in [-0.1, -0.05) is 47.5 Å².